The number of ether oxygens (including phenoxy) is 2. The molecule has 0 aliphatic heterocycles. The maximum atomic E-state index is 11.9. The summed E-state index contributed by atoms with van der Waals surface area (Å²) in [5.41, 5.74) is 1.16. The molecular weight excluding hydrogens is 354 g/mol. The van der Waals surface area contributed by atoms with Gasteiger partial charge in [-0.15, -0.1) is 0 Å². The van der Waals surface area contributed by atoms with Crippen molar-refractivity contribution in [3.63, 3.8) is 0 Å². The summed E-state index contributed by atoms with van der Waals surface area (Å²) >= 11 is 1.21. The molecule has 0 unspecified atom stereocenters. The summed E-state index contributed by atoms with van der Waals surface area (Å²) in [6, 6.07) is 8.82. The van der Waals surface area contributed by atoms with Crippen molar-refractivity contribution in [3.8, 4) is 5.75 Å². The molecule has 0 spiro atoms. The molecule has 0 saturated heterocycles. The van der Waals surface area contributed by atoms with Crippen molar-refractivity contribution in [2.24, 2.45) is 0 Å². The molecule has 0 aliphatic carbocycles. The highest BCUT2D eigenvalue weighted by molar-refractivity contribution is 7.16. The van der Waals surface area contributed by atoms with Crippen LogP contribution in [0.4, 0.5) is 0 Å². The molecule has 3 rings (SSSR count). The molecule has 0 bridgehead atoms. The van der Waals surface area contributed by atoms with E-state index in [0.717, 1.165) is 5.56 Å². The van der Waals surface area contributed by atoms with Crippen molar-refractivity contribution in [2.45, 2.75) is 20.5 Å². The van der Waals surface area contributed by atoms with Crippen LogP contribution in [0.5, 0.6) is 5.75 Å². The van der Waals surface area contributed by atoms with Crippen LogP contribution < -0.4 is 10.3 Å². The van der Waals surface area contributed by atoms with E-state index in [1.807, 2.05) is 31.2 Å². The highest BCUT2D eigenvalue weighted by Gasteiger charge is 2.09. The maximum Gasteiger partial charge on any atom is 0.331 e. The minimum Gasteiger partial charge on any atom is -0.493 e. The van der Waals surface area contributed by atoms with Gasteiger partial charge in [-0.1, -0.05) is 29.5 Å². The van der Waals surface area contributed by atoms with Crippen LogP contribution in [0.2, 0.25) is 0 Å². The van der Waals surface area contributed by atoms with Gasteiger partial charge in [-0.3, -0.25) is 4.79 Å². The Morgan fingerprint density at radius 1 is 1.35 bits per heavy atom. The van der Waals surface area contributed by atoms with E-state index >= 15 is 0 Å². The second-order valence-electron chi connectivity index (χ2n) is 5.34. The first-order valence-corrected chi connectivity index (χ1v) is 8.81. The lowest BCUT2D eigenvalue weighted by molar-refractivity contribution is -0.138. The zero-order valence-corrected chi connectivity index (χ0v) is 15.2. The molecule has 7 nitrogen and oxygen atoms in total. The number of benzene rings is 1. The maximum absolute atomic E-state index is 11.9. The molecule has 0 fully saturated rings. The molecule has 2 aromatic heterocycles. The van der Waals surface area contributed by atoms with Gasteiger partial charge in [-0.25, -0.2) is 9.78 Å². The minimum absolute atomic E-state index is 0.0250. The SMILES string of the molecule is CCOc1ccccc1/C=C/C(=O)OCc1nn2c(=O)cc(C)nc2s1. The van der Waals surface area contributed by atoms with Crippen molar-refractivity contribution in [1.82, 2.24) is 14.6 Å². The summed E-state index contributed by atoms with van der Waals surface area (Å²) < 4.78 is 11.9. The van der Waals surface area contributed by atoms with Crippen molar-refractivity contribution < 1.29 is 14.3 Å². The van der Waals surface area contributed by atoms with Gasteiger partial charge in [0, 0.05) is 23.4 Å². The average Bonchev–Trinajstić information content (AvgIpc) is 3.03. The van der Waals surface area contributed by atoms with Gasteiger partial charge in [-0.2, -0.15) is 9.61 Å². The van der Waals surface area contributed by atoms with Gasteiger partial charge in [0.15, 0.2) is 5.01 Å². The standard InChI is InChI=1S/C18H17N3O4S/c1-3-24-14-7-5-4-6-13(14)8-9-17(23)25-11-15-20-21-16(22)10-12(2)19-18(21)26-15/h4-10H,3,11H2,1-2H3/b9-8+. The molecule has 0 amide bonds. The number of nitrogens with zero attached hydrogens (tertiary/aromatic N) is 3. The molecule has 1 aromatic carbocycles. The lowest BCUT2D eigenvalue weighted by Gasteiger charge is -2.06. The summed E-state index contributed by atoms with van der Waals surface area (Å²) in [6.07, 6.45) is 2.97. The van der Waals surface area contributed by atoms with E-state index < -0.39 is 5.97 Å². The zero-order valence-electron chi connectivity index (χ0n) is 14.3. The quantitative estimate of drug-likeness (QED) is 0.489. The predicted molar refractivity (Wildman–Crippen MR) is 98.3 cm³/mol. The fourth-order valence-corrected chi connectivity index (χ4v) is 3.12. The van der Waals surface area contributed by atoms with E-state index in [1.165, 1.54) is 28.0 Å². The highest BCUT2D eigenvalue weighted by Crippen LogP contribution is 2.19. The van der Waals surface area contributed by atoms with E-state index in [4.69, 9.17) is 9.47 Å². The minimum atomic E-state index is -0.507. The van der Waals surface area contributed by atoms with Crippen LogP contribution in [-0.2, 0) is 16.1 Å². The summed E-state index contributed by atoms with van der Waals surface area (Å²) in [5, 5.41) is 4.62. The van der Waals surface area contributed by atoms with Crippen LogP contribution in [0.15, 0.2) is 41.2 Å². The Kier molecular flexibility index (Phi) is 5.43. The number of aromatic nitrogens is 3. The first-order valence-electron chi connectivity index (χ1n) is 8.00. The highest BCUT2D eigenvalue weighted by atomic mass is 32.1. The van der Waals surface area contributed by atoms with Crippen LogP contribution >= 0.6 is 11.3 Å². The molecule has 0 radical (unpaired) electrons. The van der Waals surface area contributed by atoms with Crippen LogP contribution in [-0.4, -0.2) is 27.2 Å². The summed E-state index contributed by atoms with van der Waals surface area (Å²) in [5.74, 6) is 0.193. The Morgan fingerprint density at radius 3 is 2.96 bits per heavy atom. The van der Waals surface area contributed by atoms with Crippen LogP contribution in [0.3, 0.4) is 0 Å². The first-order chi connectivity index (χ1) is 12.6. The van der Waals surface area contributed by atoms with Crippen LogP contribution in [0.1, 0.15) is 23.2 Å². The molecule has 134 valence electrons. The van der Waals surface area contributed by atoms with Crippen LogP contribution in [0, 0.1) is 6.92 Å². The van der Waals surface area contributed by atoms with E-state index in [2.05, 4.69) is 10.1 Å². The number of carbonyl (C=O) groups is 1. The molecule has 2 heterocycles. The molecular formula is C18H17N3O4S. The van der Waals surface area contributed by atoms with Gasteiger partial charge < -0.3 is 9.47 Å². The Morgan fingerprint density at radius 2 is 2.15 bits per heavy atom. The largest absolute Gasteiger partial charge is 0.493 e. The second kappa shape index (κ2) is 7.92. The van der Waals surface area contributed by atoms with Crippen molar-refractivity contribution in [1.29, 1.82) is 0 Å². The first kappa shape index (κ1) is 17.8. The number of carbonyl (C=O) groups excluding carboxylic acids is 1. The number of para-hydroxylation sites is 1. The van der Waals surface area contributed by atoms with Gasteiger partial charge in [0.2, 0.25) is 4.96 Å². The average molecular weight is 371 g/mol. The summed E-state index contributed by atoms with van der Waals surface area (Å²) in [6.45, 7) is 4.16. The fraction of sp³-hybridized carbons (Fsp3) is 0.222. The number of aryl methyl sites for hydroxylation is 1. The Balaban J connectivity index is 1.66. The Labute approximate surface area is 153 Å². The number of hydrogen-bond donors (Lipinski definition) is 0. The van der Waals surface area contributed by atoms with Crippen molar-refractivity contribution in [2.75, 3.05) is 6.61 Å². The molecule has 0 aliphatic rings. The number of hydrogen-bond acceptors (Lipinski definition) is 7. The van der Waals surface area contributed by atoms with E-state index in [9.17, 15) is 9.59 Å². The molecule has 0 saturated carbocycles. The topological polar surface area (TPSA) is 82.8 Å². The lowest BCUT2D eigenvalue weighted by atomic mass is 10.2. The van der Waals surface area contributed by atoms with Gasteiger partial charge in [0.1, 0.15) is 12.4 Å². The normalized spacial score (nSPS) is 11.2. The Bertz CT molecular complexity index is 1020. The van der Waals surface area contributed by atoms with Gasteiger partial charge in [0.25, 0.3) is 5.56 Å². The molecule has 0 N–H and O–H groups in total. The molecule has 8 heteroatoms. The van der Waals surface area contributed by atoms with Gasteiger partial charge in [-0.05, 0) is 26.0 Å². The van der Waals surface area contributed by atoms with E-state index in [1.54, 1.807) is 13.0 Å². The number of fused-ring (bicyclic) bond motifs is 1. The van der Waals surface area contributed by atoms with Gasteiger partial charge >= 0.3 is 5.97 Å². The van der Waals surface area contributed by atoms with E-state index in [0.29, 0.717) is 28.0 Å². The fourth-order valence-electron chi connectivity index (χ4n) is 2.26. The molecule has 0 atom stereocenters. The lowest BCUT2D eigenvalue weighted by Crippen LogP contribution is -2.14. The van der Waals surface area contributed by atoms with Gasteiger partial charge in [0.05, 0.1) is 6.61 Å². The predicted octanol–water partition coefficient (Wildman–Crippen LogP) is 2.61. The number of rotatable bonds is 6. The number of esters is 1. The van der Waals surface area contributed by atoms with E-state index in [-0.39, 0.29) is 12.2 Å². The third-order valence-corrected chi connectivity index (χ3v) is 4.25. The van der Waals surface area contributed by atoms with Crippen LogP contribution in [0.25, 0.3) is 11.0 Å². The summed E-state index contributed by atoms with van der Waals surface area (Å²) in [7, 11) is 0. The van der Waals surface area contributed by atoms with Crippen molar-refractivity contribution in [3.05, 3.63) is 63.0 Å². The Hall–Kier alpha value is -3.00. The smallest absolute Gasteiger partial charge is 0.331 e. The third kappa shape index (κ3) is 4.15. The zero-order chi connectivity index (χ0) is 18.5. The molecule has 3 aromatic rings. The third-order valence-electron chi connectivity index (χ3n) is 3.37. The monoisotopic (exact) mass is 371 g/mol. The second-order valence-corrected chi connectivity index (χ2v) is 6.38. The summed E-state index contributed by atoms with van der Waals surface area (Å²) in [4.78, 5) is 28.5. The van der Waals surface area contributed by atoms with Crippen molar-refractivity contribution >= 4 is 28.3 Å². The molecule has 26 heavy (non-hydrogen) atoms.